The Kier molecular flexibility index (Phi) is 3.65. The van der Waals surface area contributed by atoms with Crippen molar-refractivity contribution in [2.45, 2.75) is 26.2 Å². The molecule has 6 nitrogen and oxygen atoms in total. The Balaban J connectivity index is 2.16. The molecule has 1 saturated heterocycles. The molecular formula is C13H16N4O2. The first-order chi connectivity index (χ1) is 9.11. The summed E-state index contributed by atoms with van der Waals surface area (Å²) in [5.74, 6) is -0.100. The molecule has 1 N–H and O–H groups in total. The van der Waals surface area contributed by atoms with Crippen LogP contribution in [0.1, 0.15) is 31.9 Å². The van der Waals surface area contributed by atoms with E-state index in [9.17, 15) is 9.90 Å². The van der Waals surface area contributed by atoms with Crippen LogP contribution in [0.25, 0.3) is 0 Å². The number of carbonyl (C=O) groups is 1. The summed E-state index contributed by atoms with van der Waals surface area (Å²) < 4.78 is 0. The van der Waals surface area contributed by atoms with Crippen molar-refractivity contribution >= 4 is 11.8 Å². The number of hydrogen-bond acceptors (Lipinski definition) is 5. The van der Waals surface area contributed by atoms with Gasteiger partial charge >= 0.3 is 5.97 Å². The van der Waals surface area contributed by atoms with Gasteiger partial charge in [0.2, 0.25) is 0 Å². The van der Waals surface area contributed by atoms with E-state index in [0.29, 0.717) is 31.7 Å². The Morgan fingerprint density at radius 2 is 2.37 bits per heavy atom. The lowest BCUT2D eigenvalue weighted by atomic mass is 9.83. The number of aliphatic carboxylic acids is 1. The van der Waals surface area contributed by atoms with Crippen molar-refractivity contribution in [3.8, 4) is 6.07 Å². The zero-order valence-corrected chi connectivity index (χ0v) is 10.8. The molecule has 0 spiro atoms. The van der Waals surface area contributed by atoms with Crippen molar-refractivity contribution in [1.82, 2.24) is 9.97 Å². The summed E-state index contributed by atoms with van der Waals surface area (Å²) in [4.78, 5) is 21.5. The number of hydrogen-bond donors (Lipinski definition) is 1. The smallest absolute Gasteiger partial charge is 0.311 e. The third-order valence-corrected chi connectivity index (χ3v) is 3.61. The molecule has 1 aromatic heterocycles. The Bertz CT molecular complexity index is 508. The number of nitrogens with zero attached hydrogens (tertiary/aromatic N) is 4. The molecule has 0 amide bonds. The van der Waals surface area contributed by atoms with E-state index in [-0.39, 0.29) is 5.69 Å². The molecule has 2 heterocycles. The zero-order valence-electron chi connectivity index (χ0n) is 10.8. The van der Waals surface area contributed by atoms with Crippen molar-refractivity contribution in [1.29, 1.82) is 5.26 Å². The molecule has 6 heteroatoms. The number of anilines is 1. The minimum atomic E-state index is -0.738. The van der Waals surface area contributed by atoms with E-state index >= 15 is 0 Å². The van der Waals surface area contributed by atoms with E-state index in [4.69, 9.17) is 5.26 Å². The standard InChI is InChI=1S/C13H16N4O2/c1-2-3-13(12(18)19)4-5-17(9-13)11-8-15-10(6-14)7-16-11/h7-8H,2-5,9H2,1H3,(H,18,19). The van der Waals surface area contributed by atoms with E-state index in [2.05, 4.69) is 9.97 Å². The summed E-state index contributed by atoms with van der Waals surface area (Å²) in [6, 6.07) is 1.91. The van der Waals surface area contributed by atoms with Gasteiger partial charge in [-0.1, -0.05) is 13.3 Å². The second-order valence-corrected chi connectivity index (χ2v) is 4.88. The fraction of sp³-hybridized carbons (Fsp3) is 0.538. The van der Waals surface area contributed by atoms with Crippen LogP contribution in [0.4, 0.5) is 5.82 Å². The largest absolute Gasteiger partial charge is 0.481 e. The highest BCUT2D eigenvalue weighted by Crippen LogP contribution is 2.37. The molecule has 0 radical (unpaired) electrons. The molecule has 0 bridgehead atoms. The summed E-state index contributed by atoms with van der Waals surface area (Å²) in [7, 11) is 0. The maximum absolute atomic E-state index is 11.5. The van der Waals surface area contributed by atoms with Crippen LogP contribution < -0.4 is 4.90 Å². The van der Waals surface area contributed by atoms with Crippen LogP contribution in [0, 0.1) is 16.7 Å². The highest BCUT2D eigenvalue weighted by molar-refractivity contribution is 5.76. The van der Waals surface area contributed by atoms with Gasteiger partial charge in [-0.15, -0.1) is 0 Å². The molecule has 1 fully saturated rings. The molecule has 19 heavy (non-hydrogen) atoms. The van der Waals surface area contributed by atoms with Gasteiger partial charge in [0.15, 0.2) is 5.69 Å². The van der Waals surface area contributed by atoms with Crippen LogP contribution in [-0.2, 0) is 4.79 Å². The Morgan fingerprint density at radius 1 is 1.58 bits per heavy atom. The average molecular weight is 260 g/mol. The maximum Gasteiger partial charge on any atom is 0.311 e. The summed E-state index contributed by atoms with van der Waals surface area (Å²) >= 11 is 0. The van der Waals surface area contributed by atoms with Crippen LogP contribution in [0.3, 0.4) is 0 Å². The normalized spacial score (nSPS) is 22.2. The van der Waals surface area contributed by atoms with Crippen LogP contribution in [0.15, 0.2) is 12.4 Å². The van der Waals surface area contributed by atoms with Crippen LogP contribution >= 0.6 is 0 Å². The average Bonchev–Trinajstić information content (AvgIpc) is 2.85. The van der Waals surface area contributed by atoms with Gasteiger partial charge in [-0.25, -0.2) is 9.97 Å². The second-order valence-electron chi connectivity index (χ2n) is 4.88. The topological polar surface area (TPSA) is 90.1 Å². The number of carboxylic acid groups (broad SMARTS) is 1. The van der Waals surface area contributed by atoms with Gasteiger partial charge in [0.1, 0.15) is 11.9 Å². The van der Waals surface area contributed by atoms with Crippen LogP contribution in [0.2, 0.25) is 0 Å². The van der Waals surface area contributed by atoms with Crippen molar-refractivity contribution in [3.63, 3.8) is 0 Å². The van der Waals surface area contributed by atoms with Gasteiger partial charge in [0, 0.05) is 13.1 Å². The Morgan fingerprint density at radius 3 is 2.89 bits per heavy atom. The fourth-order valence-corrected chi connectivity index (χ4v) is 2.57. The maximum atomic E-state index is 11.5. The molecule has 1 aliphatic heterocycles. The van der Waals surface area contributed by atoms with Crippen molar-refractivity contribution in [2.24, 2.45) is 5.41 Å². The zero-order chi connectivity index (χ0) is 13.9. The first kappa shape index (κ1) is 13.3. The predicted molar refractivity (Wildman–Crippen MR) is 68.6 cm³/mol. The minimum Gasteiger partial charge on any atom is -0.481 e. The quantitative estimate of drug-likeness (QED) is 0.880. The fourth-order valence-electron chi connectivity index (χ4n) is 2.57. The number of nitriles is 1. The lowest BCUT2D eigenvalue weighted by Gasteiger charge is -2.24. The highest BCUT2D eigenvalue weighted by Gasteiger charge is 2.44. The van der Waals surface area contributed by atoms with Crippen molar-refractivity contribution in [3.05, 3.63) is 18.1 Å². The van der Waals surface area contributed by atoms with Gasteiger partial charge < -0.3 is 10.0 Å². The van der Waals surface area contributed by atoms with Crippen molar-refractivity contribution < 1.29 is 9.90 Å². The highest BCUT2D eigenvalue weighted by atomic mass is 16.4. The lowest BCUT2D eigenvalue weighted by molar-refractivity contribution is -0.148. The van der Waals surface area contributed by atoms with E-state index < -0.39 is 11.4 Å². The third-order valence-electron chi connectivity index (χ3n) is 3.61. The Labute approximate surface area is 111 Å². The van der Waals surface area contributed by atoms with Gasteiger partial charge in [0.05, 0.1) is 17.8 Å². The number of rotatable bonds is 4. The molecular weight excluding hydrogens is 244 g/mol. The monoisotopic (exact) mass is 260 g/mol. The molecule has 1 unspecified atom stereocenters. The van der Waals surface area contributed by atoms with Gasteiger partial charge in [0.25, 0.3) is 0 Å². The summed E-state index contributed by atoms with van der Waals surface area (Å²) in [6.45, 7) is 3.11. The van der Waals surface area contributed by atoms with Gasteiger partial charge in [-0.3, -0.25) is 4.79 Å². The van der Waals surface area contributed by atoms with E-state index in [1.165, 1.54) is 12.4 Å². The minimum absolute atomic E-state index is 0.265. The van der Waals surface area contributed by atoms with Crippen LogP contribution in [0.5, 0.6) is 0 Å². The number of aromatic nitrogens is 2. The van der Waals surface area contributed by atoms with Gasteiger partial charge in [-0.05, 0) is 12.8 Å². The second kappa shape index (κ2) is 5.22. The molecule has 1 aliphatic rings. The van der Waals surface area contributed by atoms with Crippen molar-refractivity contribution in [2.75, 3.05) is 18.0 Å². The molecule has 0 aliphatic carbocycles. The molecule has 0 aromatic carbocycles. The lowest BCUT2D eigenvalue weighted by Crippen LogP contribution is -2.34. The van der Waals surface area contributed by atoms with E-state index in [0.717, 1.165) is 6.42 Å². The van der Waals surface area contributed by atoms with E-state index in [1.807, 2.05) is 17.9 Å². The van der Waals surface area contributed by atoms with E-state index in [1.54, 1.807) is 0 Å². The molecule has 1 aromatic rings. The summed E-state index contributed by atoms with van der Waals surface area (Å²) in [5.41, 5.74) is -0.411. The third kappa shape index (κ3) is 2.50. The molecule has 100 valence electrons. The summed E-state index contributed by atoms with van der Waals surface area (Å²) in [6.07, 6.45) is 5.08. The first-order valence-electron chi connectivity index (χ1n) is 6.32. The predicted octanol–water partition coefficient (Wildman–Crippen LogP) is 1.43. The van der Waals surface area contributed by atoms with Crippen LogP contribution in [-0.4, -0.2) is 34.1 Å². The Hall–Kier alpha value is -2.16. The molecule has 0 saturated carbocycles. The van der Waals surface area contributed by atoms with Gasteiger partial charge in [-0.2, -0.15) is 5.26 Å². The molecule has 1 atom stereocenters. The number of carboxylic acids is 1. The summed E-state index contributed by atoms with van der Waals surface area (Å²) in [5, 5.41) is 18.1. The molecule has 2 rings (SSSR count). The first-order valence-corrected chi connectivity index (χ1v) is 6.32. The SMILES string of the molecule is CCCC1(C(=O)O)CCN(c2cnc(C#N)cn2)C1.